The second-order valence-electron chi connectivity index (χ2n) is 15.5. The highest BCUT2D eigenvalue weighted by Gasteiger charge is 2.24. The number of hydrogen-bond acceptors (Lipinski definition) is 8. The van der Waals surface area contributed by atoms with Gasteiger partial charge in [-0.3, -0.25) is 0 Å². The van der Waals surface area contributed by atoms with Gasteiger partial charge in [-0.15, -0.1) is 11.3 Å². The van der Waals surface area contributed by atoms with E-state index in [0.29, 0.717) is 45.7 Å². The molecule has 8 heteroatoms. The number of fused-ring (bicyclic) bond motifs is 9. The summed E-state index contributed by atoms with van der Waals surface area (Å²) in [4.78, 5) is 25.8. The lowest BCUT2D eigenvalue weighted by Gasteiger charge is -2.11. The quantitative estimate of drug-likeness (QED) is 0.165. The highest BCUT2D eigenvalue weighted by atomic mass is 32.1. The van der Waals surface area contributed by atoms with Crippen LogP contribution in [0, 0.1) is 0 Å². The Hall–Kier alpha value is -8.33. The van der Waals surface area contributed by atoms with E-state index in [0.717, 1.165) is 60.6 Å². The SMILES string of the molecule is c1ccc(-c2nc(-c3cccc(-c4cccc5c4sc4ccccc45)c3)nc(-c3cccc4oc5c(-c6nc(-c7ccccc7)nc7c6oc6ccccc67)cccc5c34)n2)cc1. The Morgan fingerprint density at radius 3 is 1.73 bits per heavy atom. The van der Waals surface area contributed by atoms with Gasteiger partial charge in [0.25, 0.3) is 0 Å². The lowest BCUT2D eigenvalue weighted by atomic mass is 10.0. The Labute approximate surface area is 363 Å². The summed E-state index contributed by atoms with van der Waals surface area (Å²) in [6.45, 7) is 0. The summed E-state index contributed by atoms with van der Waals surface area (Å²) in [6, 6.07) is 64.0. The molecule has 8 aromatic carbocycles. The van der Waals surface area contributed by atoms with Crippen molar-refractivity contribution in [2.75, 3.05) is 0 Å². The van der Waals surface area contributed by atoms with Gasteiger partial charge in [-0.05, 0) is 47.5 Å². The third-order valence-electron chi connectivity index (χ3n) is 11.8. The molecule has 0 radical (unpaired) electrons. The summed E-state index contributed by atoms with van der Waals surface area (Å²) in [5.41, 5.74) is 10.7. The Balaban J connectivity index is 1.01. The van der Waals surface area contributed by atoms with E-state index in [1.807, 2.05) is 121 Å². The molecule has 13 rings (SSSR count). The van der Waals surface area contributed by atoms with Crippen LogP contribution in [0.2, 0.25) is 0 Å². The Bertz CT molecular complexity index is 3930. The van der Waals surface area contributed by atoms with Crippen molar-refractivity contribution >= 4 is 75.5 Å². The van der Waals surface area contributed by atoms with Gasteiger partial charge in [0.05, 0.1) is 0 Å². The van der Waals surface area contributed by atoms with Gasteiger partial charge in [0, 0.05) is 64.1 Å². The third-order valence-corrected chi connectivity index (χ3v) is 13.0. The summed E-state index contributed by atoms with van der Waals surface area (Å²) < 4.78 is 15.9. The molecule has 0 unspecified atom stereocenters. The van der Waals surface area contributed by atoms with Crippen molar-refractivity contribution in [2.45, 2.75) is 0 Å². The molecule has 5 heterocycles. The van der Waals surface area contributed by atoms with E-state index < -0.39 is 0 Å². The molecule has 0 aliphatic heterocycles. The number of furan rings is 2. The molecular weight excluding hydrogens is 795 g/mol. The van der Waals surface area contributed by atoms with Crippen LogP contribution >= 0.6 is 11.3 Å². The highest BCUT2D eigenvalue weighted by molar-refractivity contribution is 7.26. The van der Waals surface area contributed by atoms with Crippen molar-refractivity contribution < 1.29 is 8.83 Å². The summed E-state index contributed by atoms with van der Waals surface area (Å²) in [6.07, 6.45) is 0. The van der Waals surface area contributed by atoms with Crippen LogP contribution in [-0.4, -0.2) is 24.9 Å². The minimum absolute atomic E-state index is 0.544. The Morgan fingerprint density at radius 2 is 0.905 bits per heavy atom. The lowest BCUT2D eigenvalue weighted by Crippen LogP contribution is -2.00. The van der Waals surface area contributed by atoms with Crippen LogP contribution < -0.4 is 0 Å². The third kappa shape index (κ3) is 5.76. The van der Waals surface area contributed by atoms with Crippen molar-refractivity contribution in [3.63, 3.8) is 0 Å². The van der Waals surface area contributed by atoms with Gasteiger partial charge in [-0.2, -0.15) is 0 Å². The number of aromatic nitrogens is 5. The fraction of sp³-hybridized carbons (Fsp3) is 0. The Morgan fingerprint density at radius 1 is 0.349 bits per heavy atom. The van der Waals surface area contributed by atoms with E-state index in [9.17, 15) is 0 Å². The highest BCUT2D eigenvalue weighted by Crippen LogP contribution is 2.44. The molecule has 0 saturated carbocycles. The van der Waals surface area contributed by atoms with Gasteiger partial charge >= 0.3 is 0 Å². The van der Waals surface area contributed by atoms with E-state index in [1.54, 1.807) is 0 Å². The molecule has 0 aliphatic carbocycles. The lowest BCUT2D eigenvalue weighted by molar-refractivity contribution is 0.663. The maximum atomic E-state index is 6.85. The van der Waals surface area contributed by atoms with Crippen LogP contribution in [0.3, 0.4) is 0 Å². The fourth-order valence-electron chi connectivity index (χ4n) is 8.85. The minimum atomic E-state index is 0.544. The zero-order valence-corrected chi connectivity index (χ0v) is 34.2. The van der Waals surface area contributed by atoms with Crippen LogP contribution in [-0.2, 0) is 0 Å². The summed E-state index contributed by atoms with van der Waals surface area (Å²) >= 11 is 1.82. The van der Waals surface area contributed by atoms with E-state index >= 15 is 0 Å². The molecule has 5 aromatic heterocycles. The largest absolute Gasteiger partial charge is 0.455 e. The first-order chi connectivity index (χ1) is 31.2. The maximum absolute atomic E-state index is 6.85. The van der Waals surface area contributed by atoms with Gasteiger partial charge in [-0.1, -0.05) is 152 Å². The number of para-hydroxylation sites is 2. The zero-order chi connectivity index (χ0) is 41.4. The van der Waals surface area contributed by atoms with Crippen molar-refractivity contribution in [1.82, 2.24) is 24.9 Å². The average Bonchev–Trinajstić information content (AvgIpc) is 4.06. The fourth-order valence-corrected chi connectivity index (χ4v) is 10.1. The van der Waals surface area contributed by atoms with Gasteiger partial charge in [0.2, 0.25) is 0 Å². The van der Waals surface area contributed by atoms with Crippen LogP contribution in [0.25, 0.3) is 132 Å². The predicted molar refractivity (Wildman–Crippen MR) is 255 cm³/mol. The minimum Gasteiger partial charge on any atom is -0.455 e. The maximum Gasteiger partial charge on any atom is 0.180 e. The first kappa shape index (κ1) is 35.4. The summed E-state index contributed by atoms with van der Waals surface area (Å²) in [5, 5.41) is 5.26. The van der Waals surface area contributed by atoms with Crippen LogP contribution in [0.5, 0.6) is 0 Å². The molecule has 294 valence electrons. The van der Waals surface area contributed by atoms with Crippen molar-refractivity contribution in [3.05, 3.63) is 188 Å². The summed E-state index contributed by atoms with van der Waals surface area (Å²) in [5.74, 6) is 2.31. The molecule has 0 aliphatic rings. The molecule has 0 atom stereocenters. The van der Waals surface area contributed by atoms with Crippen LogP contribution in [0.1, 0.15) is 0 Å². The van der Waals surface area contributed by atoms with Crippen LogP contribution in [0.15, 0.2) is 197 Å². The van der Waals surface area contributed by atoms with Gasteiger partial charge in [-0.25, -0.2) is 24.9 Å². The standard InChI is InChI=1S/C55H31N5O2S/c1-3-15-32(16-4-1)52-56-47-39-22-7-9-28-43(39)61-50(47)48(57-52)42-27-13-25-40-46-41(26-14-29-44(46)62-49(40)42)55-59-53(33-17-5-2-6-18-33)58-54(60-55)35-20-11-19-34(31-35)36-23-12-24-38-37-21-8-10-30-45(37)63-51(36)38/h1-31H. The monoisotopic (exact) mass is 825 g/mol. The first-order valence-electron chi connectivity index (χ1n) is 20.7. The summed E-state index contributed by atoms with van der Waals surface area (Å²) in [7, 11) is 0. The van der Waals surface area contributed by atoms with Crippen LogP contribution in [0.4, 0.5) is 0 Å². The average molecular weight is 826 g/mol. The second kappa shape index (κ2) is 14.1. The van der Waals surface area contributed by atoms with E-state index in [2.05, 4.69) is 78.9 Å². The number of benzene rings is 8. The molecule has 63 heavy (non-hydrogen) atoms. The normalized spacial score (nSPS) is 11.8. The van der Waals surface area contributed by atoms with E-state index in [4.69, 9.17) is 33.8 Å². The molecular formula is C55H31N5O2S. The van der Waals surface area contributed by atoms with E-state index in [-0.39, 0.29) is 0 Å². The molecule has 0 fully saturated rings. The Kier molecular flexibility index (Phi) is 7.94. The second-order valence-corrected chi connectivity index (χ2v) is 16.6. The molecule has 0 amide bonds. The van der Waals surface area contributed by atoms with Gasteiger partial charge in [0.15, 0.2) is 28.9 Å². The number of nitrogens with zero attached hydrogens (tertiary/aromatic N) is 5. The van der Waals surface area contributed by atoms with Crippen molar-refractivity contribution in [3.8, 4) is 67.9 Å². The van der Waals surface area contributed by atoms with Gasteiger partial charge in [0.1, 0.15) is 28.0 Å². The topological polar surface area (TPSA) is 90.7 Å². The number of rotatable bonds is 6. The molecule has 7 nitrogen and oxygen atoms in total. The van der Waals surface area contributed by atoms with E-state index in [1.165, 1.54) is 25.7 Å². The van der Waals surface area contributed by atoms with Crippen molar-refractivity contribution in [2.24, 2.45) is 0 Å². The smallest absolute Gasteiger partial charge is 0.180 e. The first-order valence-corrected chi connectivity index (χ1v) is 21.6. The number of hydrogen-bond donors (Lipinski definition) is 0. The van der Waals surface area contributed by atoms with Gasteiger partial charge < -0.3 is 8.83 Å². The molecule has 0 N–H and O–H groups in total. The molecule has 0 spiro atoms. The number of thiophene rings is 1. The zero-order valence-electron chi connectivity index (χ0n) is 33.4. The molecule has 0 bridgehead atoms. The predicted octanol–water partition coefficient (Wildman–Crippen LogP) is 14.8. The molecule has 13 aromatic rings. The van der Waals surface area contributed by atoms with Crippen molar-refractivity contribution in [1.29, 1.82) is 0 Å². The molecule has 0 saturated heterocycles.